The molecule has 0 saturated carbocycles. The molecule has 0 unspecified atom stereocenters. The Labute approximate surface area is 185 Å². The van der Waals surface area contributed by atoms with Crippen molar-refractivity contribution in [3.05, 3.63) is 58.7 Å². The molecule has 4 N–H and O–H groups in total. The van der Waals surface area contributed by atoms with Gasteiger partial charge < -0.3 is 11.1 Å². The van der Waals surface area contributed by atoms with Crippen molar-refractivity contribution >= 4 is 21.9 Å². The molecule has 0 aromatic rings. The first-order chi connectivity index (χ1) is 14.2. The maximum atomic E-state index is 12.0. The van der Waals surface area contributed by atoms with E-state index in [0.717, 1.165) is 12.0 Å². The lowest BCUT2D eigenvalue weighted by Gasteiger charge is -2.32. The molecule has 0 bridgehead atoms. The van der Waals surface area contributed by atoms with Gasteiger partial charge in [-0.25, -0.2) is 0 Å². The van der Waals surface area contributed by atoms with Crippen LogP contribution >= 0.6 is 0 Å². The van der Waals surface area contributed by atoms with E-state index < -0.39 is 33.7 Å². The Morgan fingerprint density at radius 2 is 1.87 bits per heavy atom. The Hall–Kier alpha value is -2.45. The molecular weight excluding hydrogens is 416 g/mol. The molecule has 0 aliphatic heterocycles. The summed E-state index contributed by atoms with van der Waals surface area (Å²) in [6.07, 6.45) is 14.5. The zero-order chi connectivity index (χ0) is 23.8. The van der Waals surface area contributed by atoms with E-state index in [1.54, 1.807) is 19.1 Å². The fraction of sp³-hybridized carbons (Fsp3) is 0.478. The molecule has 172 valence electrons. The van der Waals surface area contributed by atoms with E-state index in [1.807, 2.05) is 13.0 Å². The lowest BCUT2D eigenvalue weighted by atomic mass is 9.72. The van der Waals surface area contributed by atoms with Crippen molar-refractivity contribution in [2.24, 2.45) is 11.1 Å². The molecule has 0 heterocycles. The molecule has 0 aromatic carbocycles. The second kappa shape index (κ2) is 11.2. The summed E-state index contributed by atoms with van der Waals surface area (Å²) in [5.41, 5.74) is 9.71. The lowest BCUT2D eigenvalue weighted by Crippen LogP contribution is -2.48. The highest BCUT2D eigenvalue weighted by Crippen LogP contribution is 2.40. The minimum atomic E-state index is -4.46. The number of carbonyl (C=O) groups is 2. The number of allylic oxidation sites excluding steroid dienone is 9. The highest BCUT2D eigenvalue weighted by Gasteiger charge is 2.26. The first kappa shape index (κ1) is 26.6. The highest BCUT2D eigenvalue weighted by atomic mass is 32.2. The Morgan fingerprint density at radius 1 is 1.23 bits per heavy atom. The van der Waals surface area contributed by atoms with Gasteiger partial charge in [-0.1, -0.05) is 55.4 Å². The van der Waals surface area contributed by atoms with E-state index in [4.69, 9.17) is 10.3 Å². The summed E-state index contributed by atoms with van der Waals surface area (Å²) in [4.78, 5) is 23.2. The molecule has 2 amide bonds. The summed E-state index contributed by atoms with van der Waals surface area (Å²) in [6, 6.07) is -1.51. The number of rotatable bonds is 9. The number of hydrogen-bond donors (Lipinski definition) is 3. The predicted octanol–water partition coefficient (Wildman–Crippen LogP) is 3.38. The largest absolute Gasteiger partial charge is 0.368 e. The van der Waals surface area contributed by atoms with Crippen molar-refractivity contribution in [1.82, 2.24) is 5.32 Å². The zero-order valence-electron chi connectivity index (χ0n) is 18.9. The van der Waals surface area contributed by atoms with Gasteiger partial charge in [-0.2, -0.15) is 8.42 Å². The van der Waals surface area contributed by atoms with E-state index >= 15 is 0 Å². The number of carbonyl (C=O) groups excluding carboxylic acids is 2. The zero-order valence-corrected chi connectivity index (χ0v) is 19.8. The minimum Gasteiger partial charge on any atom is -0.368 e. The van der Waals surface area contributed by atoms with Gasteiger partial charge >= 0.3 is 0 Å². The summed E-state index contributed by atoms with van der Waals surface area (Å²) in [5, 5.41) is 2.18. The summed E-state index contributed by atoms with van der Waals surface area (Å²) >= 11 is 0. The van der Waals surface area contributed by atoms with Crippen molar-refractivity contribution in [3.8, 4) is 0 Å². The van der Waals surface area contributed by atoms with Crippen LogP contribution in [0.15, 0.2) is 58.7 Å². The van der Waals surface area contributed by atoms with E-state index in [1.165, 1.54) is 30.1 Å². The molecular formula is C23H34N2O5S. The van der Waals surface area contributed by atoms with Crippen LogP contribution in [0.4, 0.5) is 0 Å². The number of primary amides is 1. The molecule has 0 aromatic heterocycles. The van der Waals surface area contributed by atoms with Gasteiger partial charge in [0.05, 0.1) is 0 Å². The second-order valence-corrected chi connectivity index (χ2v) is 10.1. The van der Waals surface area contributed by atoms with Crippen LogP contribution in [-0.4, -0.2) is 36.6 Å². The molecule has 1 rings (SSSR count). The van der Waals surface area contributed by atoms with Gasteiger partial charge in [0, 0.05) is 6.08 Å². The molecule has 0 radical (unpaired) electrons. The quantitative estimate of drug-likeness (QED) is 0.282. The lowest BCUT2D eigenvalue weighted by molar-refractivity contribution is -0.124. The van der Waals surface area contributed by atoms with Gasteiger partial charge in [0.1, 0.15) is 11.8 Å². The second-order valence-electron chi connectivity index (χ2n) is 8.64. The normalized spacial score (nSPS) is 19.2. The van der Waals surface area contributed by atoms with Gasteiger partial charge in [0.2, 0.25) is 11.8 Å². The maximum Gasteiger partial charge on any atom is 0.267 e. The highest BCUT2D eigenvalue weighted by molar-refractivity contribution is 7.85. The van der Waals surface area contributed by atoms with E-state index in [2.05, 4.69) is 38.2 Å². The van der Waals surface area contributed by atoms with E-state index in [0.29, 0.717) is 5.57 Å². The van der Waals surface area contributed by atoms with Crippen LogP contribution in [0.1, 0.15) is 53.9 Å². The van der Waals surface area contributed by atoms with Crippen LogP contribution in [0.25, 0.3) is 0 Å². The van der Waals surface area contributed by atoms with Gasteiger partial charge in [0.15, 0.2) is 0 Å². The standard InChI is InChI=1S/C23H34N2O5S/c1-16(11-12-19-18(3)10-7-13-23(19,4)5)8-6-9-17(2)14-21(26)25-20(22(24)27)15-31(28,29)30/h6,8-9,11-12,14,20H,7,10,13,15H2,1-5H3,(H2,24,27)(H,25,26)(H,28,29,30)/t20-/m0/s1. The van der Waals surface area contributed by atoms with Gasteiger partial charge in [-0.15, -0.1) is 0 Å². The van der Waals surface area contributed by atoms with Crippen molar-refractivity contribution < 1.29 is 22.6 Å². The first-order valence-electron chi connectivity index (χ1n) is 10.2. The Bertz CT molecular complexity index is 950. The van der Waals surface area contributed by atoms with Crippen LogP contribution in [0, 0.1) is 5.41 Å². The van der Waals surface area contributed by atoms with Crippen LogP contribution < -0.4 is 11.1 Å². The fourth-order valence-electron chi connectivity index (χ4n) is 3.51. The number of amides is 2. The van der Waals surface area contributed by atoms with E-state index in [9.17, 15) is 18.0 Å². The average molecular weight is 451 g/mol. The van der Waals surface area contributed by atoms with Crippen LogP contribution in [0.3, 0.4) is 0 Å². The molecule has 0 spiro atoms. The third-order valence-corrected chi connectivity index (χ3v) is 5.92. The summed E-state index contributed by atoms with van der Waals surface area (Å²) in [5.74, 6) is -2.71. The Balaban J connectivity index is 2.77. The molecule has 1 aliphatic rings. The summed E-state index contributed by atoms with van der Waals surface area (Å²) < 4.78 is 30.7. The number of nitrogens with one attached hydrogen (secondary N) is 1. The third-order valence-electron chi connectivity index (χ3n) is 5.17. The van der Waals surface area contributed by atoms with Crippen molar-refractivity contribution in [1.29, 1.82) is 0 Å². The van der Waals surface area contributed by atoms with Gasteiger partial charge in [-0.3, -0.25) is 14.1 Å². The molecule has 1 atom stereocenters. The fourth-order valence-corrected chi connectivity index (χ4v) is 4.18. The number of hydrogen-bond acceptors (Lipinski definition) is 4. The number of nitrogens with two attached hydrogens (primary N) is 1. The molecule has 0 saturated heterocycles. The van der Waals surface area contributed by atoms with Crippen molar-refractivity contribution in [2.45, 2.75) is 59.9 Å². The Kier molecular flexibility index (Phi) is 9.65. The molecule has 1 aliphatic carbocycles. The van der Waals surface area contributed by atoms with Crippen LogP contribution in [0.2, 0.25) is 0 Å². The van der Waals surface area contributed by atoms with Crippen molar-refractivity contribution in [3.63, 3.8) is 0 Å². The molecule has 0 fully saturated rings. The van der Waals surface area contributed by atoms with Gasteiger partial charge in [-0.05, 0) is 56.6 Å². The van der Waals surface area contributed by atoms with Crippen molar-refractivity contribution in [2.75, 3.05) is 5.75 Å². The summed E-state index contributed by atoms with van der Waals surface area (Å²) in [6.45, 7) is 10.4. The Morgan fingerprint density at radius 3 is 2.42 bits per heavy atom. The summed E-state index contributed by atoms with van der Waals surface area (Å²) in [7, 11) is -4.46. The van der Waals surface area contributed by atoms with Gasteiger partial charge in [0.25, 0.3) is 10.1 Å². The third kappa shape index (κ3) is 9.93. The topological polar surface area (TPSA) is 127 Å². The molecule has 7 nitrogen and oxygen atoms in total. The molecule has 8 heteroatoms. The first-order valence-corrected chi connectivity index (χ1v) is 11.8. The monoisotopic (exact) mass is 450 g/mol. The maximum absolute atomic E-state index is 12.0. The minimum absolute atomic E-state index is 0.180. The predicted molar refractivity (Wildman–Crippen MR) is 124 cm³/mol. The smallest absolute Gasteiger partial charge is 0.267 e. The molecule has 31 heavy (non-hydrogen) atoms. The average Bonchev–Trinajstić information content (AvgIpc) is 2.58. The van der Waals surface area contributed by atoms with Crippen LogP contribution in [-0.2, 0) is 19.7 Å². The van der Waals surface area contributed by atoms with Crippen LogP contribution in [0.5, 0.6) is 0 Å². The van der Waals surface area contributed by atoms with E-state index in [-0.39, 0.29) is 5.41 Å². The SMILES string of the molecule is CC(C=CC1=C(C)CCCC1(C)C)=CC=CC(C)=CC(=O)N[C@@H](CS(=O)(=O)O)C(N)=O.